The second kappa shape index (κ2) is 6.59. The van der Waals surface area contributed by atoms with Crippen molar-refractivity contribution in [2.75, 3.05) is 12.0 Å². The summed E-state index contributed by atoms with van der Waals surface area (Å²) in [6.07, 6.45) is 0. The molecular formula is C9H9N4O3S-. The molecule has 0 saturated carbocycles. The van der Waals surface area contributed by atoms with Crippen molar-refractivity contribution in [2.45, 2.75) is 0 Å². The van der Waals surface area contributed by atoms with E-state index in [-0.39, 0.29) is 6.54 Å². The van der Waals surface area contributed by atoms with Crippen LogP contribution in [0.1, 0.15) is 5.56 Å². The Morgan fingerprint density at radius 3 is 2.59 bits per heavy atom. The van der Waals surface area contributed by atoms with Gasteiger partial charge in [-0.05, 0) is 24.3 Å². The van der Waals surface area contributed by atoms with Crippen LogP contribution in [0.3, 0.4) is 0 Å². The van der Waals surface area contributed by atoms with Crippen molar-refractivity contribution in [3.8, 4) is 6.07 Å². The van der Waals surface area contributed by atoms with Crippen molar-refractivity contribution < 1.29 is 13.6 Å². The van der Waals surface area contributed by atoms with Crippen LogP contribution < -0.4 is 15.6 Å². The number of hydrazine groups is 1. The normalized spacial score (nSPS) is 11.3. The fourth-order valence-corrected chi connectivity index (χ4v) is 1.19. The summed E-state index contributed by atoms with van der Waals surface area (Å²) in [7, 11) is 0. The quantitative estimate of drug-likeness (QED) is 0.478. The smallest absolute Gasteiger partial charge is 0.253 e. The highest BCUT2D eigenvalue weighted by molar-refractivity contribution is 7.77. The Balaban J connectivity index is 2.37. The third-order valence-electron chi connectivity index (χ3n) is 1.71. The zero-order chi connectivity index (χ0) is 12.7. The Morgan fingerprint density at radius 2 is 2.06 bits per heavy atom. The molecule has 90 valence electrons. The van der Waals surface area contributed by atoms with E-state index in [0.29, 0.717) is 11.3 Å². The molecule has 0 aliphatic carbocycles. The number of anilines is 1. The van der Waals surface area contributed by atoms with Gasteiger partial charge >= 0.3 is 0 Å². The summed E-state index contributed by atoms with van der Waals surface area (Å²) >= 11 is -2.46. The lowest BCUT2D eigenvalue weighted by Crippen LogP contribution is -2.37. The highest BCUT2D eigenvalue weighted by Crippen LogP contribution is 2.06. The predicted molar refractivity (Wildman–Crippen MR) is 59.8 cm³/mol. The van der Waals surface area contributed by atoms with Crippen LogP contribution in [0.2, 0.25) is 0 Å². The van der Waals surface area contributed by atoms with Crippen LogP contribution in [0, 0.1) is 11.3 Å². The zero-order valence-corrected chi connectivity index (χ0v) is 9.41. The third kappa shape index (κ3) is 5.07. The van der Waals surface area contributed by atoms with E-state index in [1.54, 1.807) is 24.3 Å². The molecule has 0 aliphatic rings. The molecule has 8 heteroatoms. The van der Waals surface area contributed by atoms with E-state index in [2.05, 4.69) is 10.9 Å². The fraction of sp³-hybridized carbons (Fsp3) is 0.111. The first-order valence-corrected chi connectivity index (χ1v) is 5.57. The van der Waals surface area contributed by atoms with Crippen LogP contribution in [0.4, 0.5) is 5.69 Å². The van der Waals surface area contributed by atoms with Crippen molar-refractivity contribution in [2.24, 2.45) is 0 Å². The first-order chi connectivity index (χ1) is 8.11. The molecule has 17 heavy (non-hydrogen) atoms. The monoisotopic (exact) mass is 253 g/mol. The molecule has 1 atom stereocenters. The maximum Gasteiger partial charge on any atom is 0.253 e. The van der Waals surface area contributed by atoms with E-state index in [1.165, 1.54) is 0 Å². The molecule has 1 amide bonds. The summed E-state index contributed by atoms with van der Waals surface area (Å²) in [4.78, 5) is 11.1. The summed E-state index contributed by atoms with van der Waals surface area (Å²) < 4.78 is 22.1. The summed E-state index contributed by atoms with van der Waals surface area (Å²) in [6, 6.07) is 8.34. The molecule has 0 spiro atoms. The molecule has 1 rings (SSSR count). The predicted octanol–water partition coefficient (Wildman–Crippen LogP) is -0.615. The molecule has 0 saturated heterocycles. The molecule has 3 N–H and O–H groups in total. The van der Waals surface area contributed by atoms with Crippen molar-refractivity contribution in [3.63, 3.8) is 0 Å². The van der Waals surface area contributed by atoms with Crippen molar-refractivity contribution in [1.82, 2.24) is 10.1 Å². The summed E-state index contributed by atoms with van der Waals surface area (Å²) in [5.41, 5.74) is 5.94. The van der Waals surface area contributed by atoms with Gasteiger partial charge in [0.05, 0.1) is 23.9 Å². The van der Waals surface area contributed by atoms with E-state index < -0.39 is 17.2 Å². The minimum absolute atomic E-state index is 0.348. The van der Waals surface area contributed by atoms with Gasteiger partial charge in [-0.15, -0.1) is 0 Å². The summed E-state index contributed by atoms with van der Waals surface area (Å²) in [5.74, 6) is -0.529. The highest BCUT2D eigenvalue weighted by atomic mass is 32.2. The van der Waals surface area contributed by atoms with E-state index >= 15 is 0 Å². The van der Waals surface area contributed by atoms with E-state index in [0.717, 1.165) is 0 Å². The fourth-order valence-electron chi connectivity index (χ4n) is 0.939. The van der Waals surface area contributed by atoms with Gasteiger partial charge < -0.3 is 4.55 Å². The summed E-state index contributed by atoms with van der Waals surface area (Å²) in [6.45, 7) is -0.348. The zero-order valence-electron chi connectivity index (χ0n) is 8.60. The first-order valence-electron chi connectivity index (χ1n) is 4.49. The molecule has 0 fully saturated rings. The minimum Gasteiger partial charge on any atom is -0.760 e. The third-order valence-corrected chi connectivity index (χ3v) is 2.09. The number of hydrogen-bond acceptors (Lipinski definition) is 5. The molecule has 7 nitrogen and oxygen atoms in total. The number of amides is 1. The van der Waals surface area contributed by atoms with Gasteiger partial charge in [-0.1, -0.05) is 0 Å². The van der Waals surface area contributed by atoms with Crippen LogP contribution in [0.25, 0.3) is 0 Å². The van der Waals surface area contributed by atoms with Gasteiger partial charge in [-0.25, -0.2) is 4.72 Å². The number of carbonyl (C=O) groups excluding carboxylic acids is 1. The van der Waals surface area contributed by atoms with Crippen LogP contribution in [-0.2, 0) is 16.1 Å². The maximum atomic E-state index is 11.1. The van der Waals surface area contributed by atoms with Gasteiger partial charge in [0, 0.05) is 11.3 Å². The van der Waals surface area contributed by atoms with Crippen LogP contribution in [-0.4, -0.2) is 21.2 Å². The molecule has 0 heterocycles. The van der Waals surface area contributed by atoms with Crippen molar-refractivity contribution >= 4 is 22.9 Å². The molecule has 0 aromatic heterocycles. The number of nitrogens with one attached hydrogen (secondary N) is 3. The lowest BCUT2D eigenvalue weighted by Gasteiger charge is -2.10. The highest BCUT2D eigenvalue weighted by Gasteiger charge is 1.99. The van der Waals surface area contributed by atoms with Gasteiger partial charge in [0.15, 0.2) is 0 Å². The van der Waals surface area contributed by atoms with Gasteiger partial charge in [0.2, 0.25) is 0 Å². The van der Waals surface area contributed by atoms with E-state index in [9.17, 15) is 13.6 Å². The number of carbonyl (C=O) groups is 1. The lowest BCUT2D eigenvalue weighted by molar-refractivity contribution is -0.119. The summed E-state index contributed by atoms with van der Waals surface area (Å²) in [5, 5.41) is 8.56. The van der Waals surface area contributed by atoms with E-state index in [1.807, 2.05) is 10.8 Å². The number of nitriles is 1. The second-order valence-corrected chi connectivity index (χ2v) is 3.68. The standard InChI is InChI=1S/C9H10N4O3S/c10-5-7-1-3-8(4-2-7)12-13-9(14)6-11-17(15)16/h1-4,11-12H,6H2,(H,13,14)(H,15,16)/p-1. The molecule has 1 aromatic carbocycles. The Hall–Kier alpha value is -1.95. The van der Waals surface area contributed by atoms with Crippen LogP contribution in [0.15, 0.2) is 24.3 Å². The average molecular weight is 253 g/mol. The molecule has 0 bridgehead atoms. The number of hydrogen-bond donors (Lipinski definition) is 3. The topological polar surface area (TPSA) is 117 Å². The Labute approximate surface area is 100 Å². The largest absolute Gasteiger partial charge is 0.760 e. The van der Waals surface area contributed by atoms with Crippen molar-refractivity contribution in [1.29, 1.82) is 5.26 Å². The van der Waals surface area contributed by atoms with Gasteiger partial charge in [0.1, 0.15) is 0 Å². The first kappa shape index (κ1) is 13.1. The second-order valence-electron chi connectivity index (χ2n) is 2.92. The molecular weight excluding hydrogens is 244 g/mol. The number of nitrogens with zero attached hydrogens (tertiary/aromatic N) is 1. The average Bonchev–Trinajstić information content (AvgIpc) is 2.34. The van der Waals surface area contributed by atoms with Crippen LogP contribution in [0.5, 0.6) is 0 Å². The van der Waals surface area contributed by atoms with Gasteiger partial charge in [-0.3, -0.25) is 19.9 Å². The molecule has 1 aromatic rings. The minimum atomic E-state index is -2.46. The van der Waals surface area contributed by atoms with E-state index in [4.69, 9.17) is 5.26 Å². The van der Waals surface area contributed by atoms with Gasteiger partial charge in [0.25, 0.3) is 5.91 Å². The maximum absolute atomic E-state index is 11.1. The lowest BCUT2D eigenvalue weighted by atomic mass is 10.2. The number of benzene rings is 1. The molecule has 1 unspecified atom stereocenters. The Bertz CT molecular complexity index is 454. The Kier molecular flexibility index (Phi) is 5.09. The number of rotatable bonds is 5. The molecule has 0 radical (unpaired) electrons. The Morgan fingerprint density at radius 1 is 1.41 bits per heavy atom. The van der Waals surface area contributed by atoms with Crippen LogP contribution >= 0.6 is 0 Å². The molecule has 0 aliphatic heterocycles. The van der Waals surface area contributed by atoms with Crippen molar-refractivity contribution in [3.05, 3.63) is 29.8 Å². The SMILES string of the molecule is N#Cc1ccc(NNC(=O)CNS(=O)[O-])cc1. The van der Waals surface area contributed by atoms with Gasteiger partial charge in [-0.2, -0.15) is 5.26 Å².